The second kappa shape index (κ2) is 17.1. The first-order chi connectivity index (χ1) is 21.5. The Balaban J connectivity index is 0.000000259. The molecule has 0 aliphatic heterocycles. The molecule has 0 N–H and O–H groups in total. The van der Waals surface area contributed by atoms with Gasteiger partial charge in [0.2, 0.25) is 0 Å². The topological polar surface area (TPSA) is 0 Å². The molecule has 2 aliphatic carbocycles. The van der Waals surface area contributed by atoms with Crippen LogP contribution in [0.3, 0.4) is 0 Å². The van der Waals surface area contributed by atoms with Gasteiger partial charge in [-0.05, 0) is 17.4 Å². The molecular weight excluding hydrogens is 703 g/mol. The maximum Gasteiger partial charge on any atom is -0.0623 e. The molecule has 0 saturated heterocycles. The Morgan fingerprint density at radius 2 is 1.23 bits per heavy atom. The van der Waals surface area contributed by atoms with E-state index in [1.165, 1.54) is 85.5 Å². The fourth-order valence-corrected chi connectivity index (χ4v) is 6.30. The summed E-state index contributed by atoms with van der Waals surface area (Å²) in [5.74, 6) is 0.468. The maximum atomic E-state index is 3.53. The number of benzene rings is 4. The van der Waals surface area contributed by atoms with Gasteiger partial charge in [0.15, 0.2) is 0 Å². The van der Waals surface area contributed by atoms with Gasteiger partial charge in [-0.3, -0.25) is 6.08 Å². The molecule has 0 fully saturated rings. The Labute approximate surface area is 319 Å². The van der Waals surface area contributed by atoms with E-state index in [-0.39, 0.29) is 41.1 Å². The number of halogens is 2. The van der Waals surface area contributed by atoms with Crippen molar-refractivity contribution in [1.82, 2.24) is 0 Å². The van der Waals surface area contributed by atoms with Gasteiger partial charge >= 0.3 is 89.5 Å². The van der Waals surface area contributed by atoms with Crippen LogP contribution >= 0.6 is 0 Å². The average Bonchev–Trinajstić information content (AvgIpc) is 3.54. The van der Waals surface area contributed by atoms with E-state index in [2.05, 4.69) is 177 Å². The van der Waals surface area contributed by atoms with Gasteiger partial charge in [-0.2, -0.15) is 41.0 Å². The first kappa shape index (κ1) is 41.9. The average molecular weight is 755 g/mol. The van der Waals surface area contributed by atoms with Gasteiger partial charge < -0.3 is 24.8 Å². The minimum absolute atomic E-state index is 0. The summed E-state index contributed by atoms with van der Waals surface area (Å²) in [4.78, 5) is 0. The summed E-state index contributed by atoms with van der Waals surface area (Å²) in [5, 5.41) is 0. The Morgan fingerprint density at radius 1 is 0.688 bits per heavy atom. The summed E-state index contributed by atoms with van der Waals surface area (Å²) in [7, 11) is 0. The molecule has 1 unspecified atom stereocenters. The van der Waals surface area contributed by atoms with Crippen molar-refractivity contribution >= 4 is 9.28 Å². The van der Waals surface area contributed by atoms with E-state index in [0.29, 0.717) is 5.92 Å². The third kappa shape index (κ3) is 10.8. The Morgan fingerprint density at radius 3 is 1.73 bits per heavy atom. The standard InChI is InChI=1S/C21H25.C13H13.C11H14.2ClH.Zr/c1-20(2,3)16-9-7-14-11-15-8-10-17(21(4,5)6)13-19(15)18(14)12-16;1-10-8-11(2)13(9-10)12-6-4-3-5-7-12;1-9-5-7-10(8-6-9)11(2,3)4;;;/h7,9-10,12-13H,11H2,1-6H3;3-7,9-10H,1-2H3;1,5-8H,2-4H3;2*1H;/q2*-1;;;;+2/p-2. The molecule has 0 nitrogen and oxygen atoms in total. The van der Waals surface area contributed by atoms with Crippen LogP contribution in [0.2, 0.25) is 0 Å². The van der Waals surface area contributed by atoms with Crippen molar-refractivity contribution in [2.24, 2.45) is 5.92 Å². The first-order valence-corrected chi connectivity index (χ1v) is 18.1. The van der Waals surface area contributed by atoms with Gasteiger partial charge in [-0.1, -0.05) is 126 Å². The second-order valence-corrected chi connectivity index (χ2v) is 16.6. The van der Waals surface area contributed by atoms with Gasteiger partial charge in [0.25, 0.3) is 0 Å². The van der Waals surface area contributed by atoms with E-state index in [1.54, 1.807) is 0 Å². The Bertz CT molecular complexity index is 1660. The van der Waals surface area contributed by atoms with Crippen molar-refractivity contribution < 1.29 is 49.0 Å². The van der Waals surface area contributed by atoms with Crippen molar-refractivity contribution in [1.29, 1.82) is 0 Å². The van der Waals surface area contributed by atoms with Crippen molar-refractivity contribution in [3.63, 3.8) is 0 Å². The van der Waals surface area contributed by atoms with Gasteiger partial charge in [-0.25, -0.2) is 5.57 Å². The summed E-state index contributed by atoms with van der Waals surface area (Å²) >= 11 is 1.46. The van der Waals surface area contributed by atoms with Gasteiger partial charge in [0.1, 0.15) is 0 Å². The third-order valence-corrected chi connectivity index (χ3v) is 9.64. The van der Waals surface area contributed by atoms with Gasteiger partial charge in [0.05, 0.1) is 0 Å². The maximum absolute atomic E-state index is 3.53. The van der Waals surface area contributed by atoms with Crippen LogP contribution in [0.4, 0.5) is 0 Å². The van der Waals surface area contributed by atoms with E-state index in [4.69, 9.17) is 0 Å². The molecule has 6 rings (SSSR count). The molecule has 0 saturated carbocycles. The van der Waals surface area contributed by atoms with Crippen molar-refractivity contribution in [3.8, 4) is 11.1 Å². The van der Waals surface area contributed by atoms with E-state index >= 15 is 0 Å². The van der Waals surface area contributed by atoms with E-state index in [9.17, 15) is 0 Å². The van der Waals surface area contributed by atoms with Crippen LogP contribution in [0, 0.1) is 18.1 Å². The van der Waals surface area contributed by atoms with Crippen molar-refractivity contribution in [2.75, 3.05) is 0 Å². The molecule has 0 aromatic heterocycles. The Kier molecular flexibility index (Phi) is 14.9. The molecule has 4 aromatic carbocycles. The molecule has 0 radical (unpaired) electrons. The third-order valence-electron chi connectivity index (χ3n) is 8.82. The monoisotopic (exact) mass is 752 g/mol. The molecule has 0 amide bonds. The zero-order valence-electron chi connectivity index (χ0n) is 30.8. The molecule has 0 bridgehead atoms. The summed E-state index contributed by atoms with van der Waals surface area (Å²) in [5.41, 5.74) is 15.7. The van der Waals surface area contributed by atoms with Crippen LogP contribution in [-0.2, 0) is 46.9 Å². The minimum atomic E-state index is 0. The zero-order valence-corrected chi connectivity index (χ0v) is 34.7. The normalized spacial score (nSPS) is 14.7. The second-order valence-electron chi connectivity index (χ2n) is 15.9. The molecular formula is C45H52Cl2Zr-2. The summed E-state index contributed by atoms with van der Waals surface area (Å²) < 4.78 is 2.21. The fourth-order valence-electron chi connectivity index (χ4n) is 5.83. The molecule has 4 aromatic rings. The van der Waals surface area contributed by atoms with Gasteiger partial charge in [0, 0.05) is 0 Å². The largest absolute Gasteiger partial charge is 1.00 e. The number of hydrogen-bond donors (Lipinski definition) is 0. The van der Waals surface area contributed by atoms with E-state index < -0.39 is 0 Å². The zero-order chi connectivity index (χ0) is 33.9. The number of rotatable bonds is 2. The van der Waals surface area contributed by atoms with Crippen molar-refractivity contribution in [3.05, 3.63) is 148 Å². The fraction of sp³-hybridized carbons (Fsp3) is 0.356. The van der Waals surface area contributed by atoms with Crippen LogP contribution in [0.15, 0.2) is 96.6 Å². The SMILES string of the molecule is CC(C)(C)c1c[c-]c2c(c1)-c1cc(C(C)(C)C)ccc1C2.CC(C)(C)c1ccc([CH]=[Zr+2])cc1.CC1=[C-]C(C)C=C1c1ccccc1.[Cl-].[Cl-]. The predicted octanol–water partition coefficient (Wildman–Crippen LogP) is 5.81. The van der Waals surface area contributed by atoms with Crippen LogP contribution < -0.4 is 24.8 Å². The molecule has 1 atom stereocenters. The molecule has 0 heterocycles. The number of fused-ring (bicyclic) bond motifs is 3. The van der Waals surface area contributed by atoms with Crippen LogP contribution in [-0.4, -0.2) is 3.71 Å². The molecule has 252 valence electrons. The quantitative estimate of drug-likeness (QED) is 0.200. The summed E-state index contributed by atoms with van der Waals surface area (Å²) in [6, 6.07) is 34.4. The van der Waals surface area contributed by atoms with Crippen LogP contribution in [0.5, 0.6) is 0 Å². The minimum Gasteiger partial charge on any atom is -1.00 e. The molecule has 3 heteroatoms. The summed E-state index contributed by atoms with van der Waals surface area (Å²) in [6.45, 7) is 24.7. The number of allylic oxidation sites excluding steroid dienone is 4. The molecule has 48 heavy (non-hydrogen) atoms. The first-order valence-electron chi connectivity index (χ1n) is 16.6. The smallest absolute Gasteiger partial charge is 0.0623 e. The number of hydrogen-bond acceptors (Lipinski definition) is 0. The molecule has 0 spiro atoms. The predicted molar refractivity (Wildman–Crippen MR) is 197 cm³/mol. The van der Waals surface area contributed by atoms with E-state index in [0.717, 1.165) is 6.42 Å². The van der Waals surface area contributed by atoms with Gasteiger partial charge in [-0.15, -0.1) is 11.1 Å². The van der Waals surface area contributed by atoms with Crippen LogP contribution in [0.25, 0.3) is 16.7 Å². The summed E-state index contributed by atoms with van der Waals surface area (Å²) in [6.07, 6.45) is 6.69. The van der Waals surface area contributed by atoms with Crippen molar-refractivity contribution in [2.45, 2.75) is 98.8 Å². The van der Waals surface area contributed by atoms with Crippen LogP contribution in [0.1, 0.15) is 115 Å². The Hall–Kier alpha value is -2.31. The van der Waals surface area contributed by atoms with E-state index in [1.807, 2.05) is 6.07 Å². The molecule has 2 aliphatic rings.